The van der Waals surface area contributed by atoms with Crippen LogP contribution in [0, 0.1) is 24.5 Å². The zero-order valence-electron chi connectivity index (χ0n) is 17.5. The second-order valence-corrected chi connectivity index (χ2v) is 7.58. The number of amides is 2. The average molecular weight is 426 g/mol. The Morgan fingerprint density at radius 3 is 2.26 bits per heavy atom. The molecule has 31 heavy (non-hydrogen) atoms. The van der Waals surface area contributed by atoms with Crippen molar-refractivity contribution in [3.05, 3.63) is 83.4 Å². The highest BCUT2D eigenvalue weighted by molar-refractivity contribution is 6.01. The lowest BCUT2D eigenvalue weighted by Gasteiger charge is -2.22. The highest BCUT2D eigenvalue weighted by Gasteiger charge is 2.27. The number of nitrogens with one attached hydrogen (secondary N) is 2. The van der Waals surface area contributed by atoms with E-state index in [2.05, 4.69) is 15.6 Å². The molecule has 0 saturated carbocycles. The molecular formula is C23H24F2N4O2. The number of aryl methyl sites for hydroxylation is 1. The molecule has 1 unspecified atom stereocenters. The molecule has 0 saturated heterocycles. The topological polar surface area (TPSA) is 76.0 Å². The molecule has 3 aromatic rings. The van der Waals surface area contributed by atoms with Crippen LogP contribution in [0.2, 0.25) is 0 Å². The van der Waals surface area contributed by atoms with Crippen molar-refractivity contribution < 1.29 is 18.4 Å². The number of hydrogen-bond donors (Lipinski definition) is 2. The first-order valence-corrected chi connectivity index (χ1v) is 9.88. The third-order valence-corrected chi connectivity index (χ3v) is 4.92. The number of carbonyl (C=O) groups excluding carboxylic acids is 2. The molecule has 2 aromatic carbocycles. The van der Waals surface area contributed by atoms with E-state index in [4.69, 9.17) is 0 Å². The molecule has 0 aliphatic rings. The molecule has 162 valence electrons. The normalized spacial score (nSPS) is 11.9. The highest BCUT2D eigenvalue weighted by atomic mass is 19.1. The van der Waals surface area contributed by atoms with Gasteiger partial charge in [-0.3, -0.25) is 9.59 Å². The van der Waals surface area contributed by atoms with Crippen molar-refractivity contribution in [1.82, 2.24) is 14.9 Å². The van der Waals surface area contributed by atoms with Crippen LogP contribution in [0.5, 0.6) is 0 Å². The fourth-order valence-electron chi connectivity index (χ4n) is 3.14. The average Bonchev–Trinajstić information content (AvgIpc) is 3.11. The number of nitrogens with zero attached hydrogens (tertiary/aromatic N) is 2. The molecule has 0 aliphatic heterocycles. The van der Waals surface area contributed by atoms with Gasteiger partial charge >= 0.3 is 0 Å². The largest absolute Gasteiger partial charge is 0.340 e. The summed E-state index contributed by atoms with van der Waals surface area (Å²) in [5.41, 5.74) is 0.871. The Bertz CT molecular complexity index is 1060. The van der Waals surface area contributed by atoms with E-state index in [0.29, 0.717) is 12.2 Å². The Balaban J connectivity index is 1.68. The van der Waals surface area contributed by atoms with Crippen LogP contribution >= 0.6 is 0 Å². The van der Waals surface area contributed by atoms with Crippen LogP contribution in [0.3, 0.4) is 0 Å². The molecule has 3 rings (SSSR count). The lowest BCUT2D eigenvalue weighted by atomic mass is 10.0. The van der Waals surface area contributed by atoms with Crippen LogP contribution in [0.15, 0.2) is 54.9 Å². The highest BCUT2D eigenvalue weighted by Crippen LogP contribution is 2.16. The molecule has 1 heterocycles. The lowest BCUT2D eigenvalue weighted by molar-refractivity contribution is -0.118. The summed E-state index contributed by atoms with van der Waals surface area (Å²) in [4.78, 5) is 29.3. The van der Waals surface area contributed by atoms with Crippen LogP contribution in [0.25, 0.3) is 0 Å². The molecule has 2 N–H and O–H groups in total. The van der Waals surface area contributed by atoms with E-state index in [0.717, 1.165) is 23.5 Å². The zero-order chi connectivity index (χ0) is 22.5. The molecule has 1 aromatic heterocycles. The first-order chi connectivity index (χ1) is 14.8. The van der Waals surface area contributed by atoms with Gasteiger partial charge in [-0.15, -0.1) is 0 Å². The van der Waals surface area contributed by atoms with E-state index in [9.17, 15) is 18.4 Å². The number of rotatable bonds is 7. The van der Waals surface area contributed by atoms with Gasteiger partial charge in [-0.05, 0) is 42.7 Å². The number of benzene rings is 2. The summed E-state index contributed by atoms with van der Waals surface area (Å²) in [5, 5.41) is 5.19. The third kappa shape index (κ3) is 5.33. The number of imidazole rings is 1. The molecule has 6 nitrogen and oxygen atoms in total. The van der Waals surface area contributed by atoms with Crippen LogP contribution in [-0.4, -0.2) is 27.4 Å². The van der Waals surface area contributed by atoms with E-state index in [-0.39, 0.29) is 5.92 Å². The molecule has 8 heteroatoms. The molecule has 0 bridgehead atoms. The SMILES string of the molecule is Cc1nccn1Cc1ccc(NC(=O)C(NC(=O)c2c(F)cccc2F)C(C)C)cc1. The molecule has 1 atom stereocenters. The van der Waals surface area contributed by atoms with Gasteiger partial charge in [-0.1, -0.05) is 32.0 Å². The summed E-state index contributed by atoms with van der Waals surface area (Å²) in [7, 11) is 0. The standard InChI is InChI=1S/C23H24F2N4O2/c1-14(2)21(28-22(30)20-18(24)5-4-6-19(20)25)23(31)27-17-9-7-16(8-10-17)13-29-12-11-26-15(29)3/h4-12,14,21H,13H2,1-3H3,(H,27,31)(H,28,30). The van der Waals surface area contributed by atoms with Gasteiger partial charge in [0.1, 0.15) is 29.1 Å². The molecule has 0 fully saturated rings. The van der Waals surface area contributed by atoms with Gasteiger partial charge < -0.3 is 15.2 Å². The van der Waals surface area contributed by atoms with Crippen molar-refractivity contribution in [3.63, 3.8) is 0 Å². The van der Waals surface area contributed by atoms with E-state index in [1.54, 1.807) is 32.2 Å². The van der Waals surface area contributed by atoms with E-state index in [1.807, 2.05) is 29.8 Å². The maximum Gasteiger partial charge on any atom is 0.257 e. The Hall–Kier alpha value is -3.55. The van der Waals surface area contributed by atoms with Gasteiger partial charge in [0, 0.05) is 24.6 Å². The molecular weight excluding hydrogens is 402 g/mol. The van der Waals surface area contributed by atoms with Crippen molar-refractivity contribution in [2.75, 3.05) is 5.32 Å². The summed E-state index contributed by atoms with van der Waals surface area (Å²) in [6.45, 7) is 6.04. The van der Waals surface area contributed by atoms with Crippen molar-refractivity contribution in [3.8, 4) is 0 Å². The van der Waals surface area contributed by atoms with Gasteiger partial charge in [0.05, 0.1) is 0 Å². The van der Waals surface area contributed by atoms with Crippen LogP contribution < -0.4 is 10.6 Å². The van der Waals surface area contributed by atoms with E-state index >= 15 is 0 Å². The first-order valence-electron chi connectivity index (χ1n) is 9.88. The maximum atomic E-state index is 13.9. The summed E-state index contributed by atoms with van der Waals surface area (Å²) < 4.78 is 29.8. The quantitative estimate of drug-likeness (QED) is 0.602. The van der Waals surface area contributed by atoms with Gasteiger partial charge in [-0.2, -0.15) is 0 Å². The van der Waals surface area contributed by atoms with Gasteiger partial charge in [0.15, 0.2) is 0 Å². The maximum absolute atomic E-state index is 13.9. The first kappa shape index (κ1) is 22.1. The van der Waals surface area contributed by atoms with Gasteiger partial charge in [-0.25, -0.2) is 13.8 Å². The minimum absolute atomic E-state index is 0.303. The smallest absolute Gasteiger partial charge is 0.257 e. The van der Waals surface area contributed by atoms with Crippen LogP contribution in [0.1, 0.15) is 35.6 Å². The second kappa shape index (κ2) is 9.51. The van der Waals surface area contributed by atoms with E-state index in [1.165, 1.54) is 6.07 Å². The van der Waals surface area contributed by atoms with Crippen molar-refractivity contribution in [2.24, 2.45) is 5.92 Å². The number of halogens is 2. The Morgan fingerprint density at radius 2 is 1.71 bits per heavy atom. The van der Waals surface area contributed by atoms with Crippen LogP contribution in [-0.2, 0) is 11.3 Å². The Labute approximate surface area is 179 Å². The zero-order valence-corrected chi connectivity index (χ0v) is 17.5. The molecule has 0 aliphatic carbocycles. The number of hydrogen-bond acceptors (Lipinski definition) is 3. The summed E-state index contributed by atoms with van der Waals surface area (Å²) in [6.07, 6.45) is 3.62. The van der Waals surface area contributed by atoms with Crippen molar-refractivity contribution >= 4 is 17.5 Å². The van der Waals surface area contributed by atoms with E-state index < -0.39 is 35.1 Å². The monoisotopic (exact) mass is 426 g/mol. The number of anilines is 1. The molecule has 0 spiro atoms. The Kier molecular flexibility index (Phi) is 6.79. The molecule has 0 radical (unpaired) electrons. The van der Waals surface area contributed by atoms with Crippen molar-refractivity contribution in [2.45, 2.75) is 33.4 Å². The number of carbonyl (C=O) groups is 2. The summed E-state index contributed by atoms with van der Waals surface area (Å²) in [5.74, 6) is -2.82. The van der Waals surface area contributed by atoms with Crippen LogP contribution in [0.4, 0.5) is 14.5 Å². The molecule has 2 amide bonds. The lowest BCUT2D eigenvalue weighted by Crippen LogP contribution is -2.47. The fourth-order valence-corrected chi connectivity index (χ4v) is 3.14. The third-order valence-electron chi connectivity index (χ3n) is 4.92. The number of aromatic nitrogens is 2. The predicted octanol–water partition coefficient (Wildman–Crippen LogP) is 3.91. The van der Waals surface area contributed by atoms with Gasteiger partial charge in [0.25, 0.3) is 5.91 Å². The minimum Gasteiger partial charge on any atom is -0.340 e. The Morgan fingerprint density at radius 1 is 1.06 bits per heavy atom. The van der Waals surface area contributed by atoms with Crippen molar-refractivity contribution in [1.29, 1.82) is 0 Å². The predicted molar refractivity (Wildman–Crippen MR) is 114 cm³/mol. The fraction of sp³-hybridized carbons (Fsp3) is 0.261. The summed E-state index contributed by atoms with van der Waals surface area (Å²) >= 11 is 0. The second-order valence-electron chi connectivity index (χ2n) is 7.58. The van der Waals surface area contributed by atoms with Gasteiger partial charge in [0.2, 0.25) is 5.91 Å². The summed E-state index contributed by atoms with van der Waals surface area (Å²) in [6, 6.07) is 9.47. The minimum atomic E-state index is -0.982.